The van der Waals surface area contributed by atoms with Crippen molar-refractivity contribution in [3.05, 3.63) is 84.4 Å². The van der Waals surface area contributed by atoms with E-state index in [0.717, 1.165) is 48.4 Å². The van der Waals surface area contributed by atoms with Crippen LogP contribution in [-0.2, 0) is 5.72 Å². The minimum absolute atomic E-state index is 0.493. The van der Waals surface area contributed by atoms with E-state index in [1.54, 1.807) is 7.11 Å². The van der Waals surface area contributed by atoms with Gasteiger partial charge in [-0.15, -0.1) is 0 Å². The minimum Gasteiger partial charge on any atom is -0.492 e. The standard InChI is InChI=1S/C27H29N2O2/c1-31-25-13-8-7-12-24(25)28-20-27(30,29-19-9-3-6-14-26(28)29)23-17-15-22(16-18-23)21-10-4-2-5-11-21/h2,4-5,7-8,10-13,15-18,30H,3,6,9,14,19-20H2,1H3/q+1/t27-/m0/s1. The van der Waals surface area contributed by atoms with Crippen molar-refractivity contribution >= 4 is 11.5 Å². The first-order chi connectivity index (χ1) is 15.2. The maximum Gasteiger partial charge on any atom is 0.271 e. The minimum atomic E-state index is -1.06. The predicted molar refractivity (Wildman–Crippen MR) is 125 cm³/mol. The van der Waals surface area contributed by atoms with Crippen LogP contribution in [0.25, 0.3) is 11.1 Å². The number of aliphatic hydroxyl groups is 1. The normalized spacial score (nSPS) is 21.0. The van der Waals surface area contributed by atoms with Crippen LogP contribution in [0, 0.1) is 0 Å². The highest BCUT2D eigenvalue weighted by Crippen LogP contribution is 2.39. The molecular formula is C27H29N2O2+. The Morgan fingerprint density at radius 1 is 0.839 bits per heavy atom. The van der Waals surface area contributed by atoms with Crippen LogP contribution >= 0.6 is 0 Å². The first-order valence-electron chi connectivity index (χ1n) is 11.1. The number of β-amino-alcohol motifs (C(OH)–C–C–N with tert-alkyl or cyclic N) is 1. The third-order valence-corrected chi connectivity index (χ3v) is 6.56. The lowest BCUT2D eigenvalue weighted by atomic mass is 9.98. The van der Waals surface area contributed by atoms with Crippen molar-refractivity contribution < 1.29 is 14.4 Å². The smallest absolute Gasteiger partial charge is 0.271 e. The summed E-state index contributed by atoms with van der Waals surface area (Å²) in [4.78, 5) is 2.26. The topological polar surface area (TPSA) is 35.7 Å². The average molecular weight is 414 g/mol. The number of methoxy groups -OCH3 is 1. The lowest BCUT2D eigenvalue weighted by molar-refractivity contribution is -0.658. The maximum atomic E-state index is 12.1. The molecule has 0 spiro atoms. The Hall–Kier alpha value is -3.11. The number of para-hydroxylation sites is 2. The van der Waals surface area contributed by atoms with Gasteiger partial charge in [-0.3, -0.25) is 0 Å². The number of nitrogens with zero attached hydrogens (tertiary/aromatic N) is 2. The summed E-state index contributed by atoms with van der Waals surface area (Å²) < 4.78 is 7.88. The van der Waals surface area contributed by atoms with Crippen LogP contribution in [0.4, 0.5) is 5.69 Å². The van der Waals surface area contributed by atoms with Gasteiger partial charge in [0, 0.05) is 12.0 Å². The van der Waals surface area contributed by atoms with E-state index in [0.29, 0.717) is 6.54 Å². The highest BCUT2D eigenvalue weighted by molar-refractivity contribution is 5.97. The Bertz CT molecular complexity index is 1090. The van der Waals surface area contributed by atoms with Crippen molar-refractivity contribution in [3.8, 4) is 16.9 Å². The van der Waals surface area contributed by atoms with Gasteiger partial charge in [0.1, 0.15) is 0 Å². The van der Waals surface area contributed by atoms with Gasteiger partial charge in [-0.1, -0.05) is 66.7 Å². The van der Waals surface area contributed by atoms with Gasteiger partial charge in [0.2, 0.25) is 0 Å². The molecule has 0 unspecified atom stereocenters. The molecule has 0 fully saturated rings. The Labute approximate surface area is 184 Å². The second-order valence-electron chi connectivity index (χ2n) is 8.40. The van der Waals surface area contributed by atoms with Crippen LogP contribution in [0.5, 0.6) is 5.75 Å². The SMILES string of the molecule is COc1ccccc1N1C[C@](O)(c2ccc(-c3ccccc3)cc2)[N+]2=C1CCCCC2. The Morgan fingerprint density at radius 2 is 1.55 bits per heavy atom. The van der Waals surface area contributed by atoms with E-state index >= 15 is 0 Å². The molecule has 2 heterocycles. The van der Waals surface area contributed by atoms with E-state index in [1.807, 2.05) is 24.3 Å². The molecule has 0 saturated carbocycles. The molecule has 0 amide bonds. The van der Waals surface area contributed by atoms with Crippen molar-refractivity contribution in [2.75, 3.05) is 25.1 Å². The van der Waals surface area contributed by atoms with Crippen LogP contribution in [0.2, 0.25) is 0 Å². The number of amidine groups is 1. The van der Waals surface area contributed by atoms with E-state index in [-0.39, 0.29) is 0 Å². The molecule has 0 bridgehead atoms. The molecule has 4 heteroatoms. The molecule has 0 radical (unpaired) electrons. The molecule has 3 aromatic carbocycles. The quantitative estimate of drug-likeness (QED) is 0.611. The lowest BCUT2D eigenvalue weighted by Gasteiger charge is -2.24. The second kappa shape index (κ2) is 8.20. The molecular weight excluding hydrogens is 384 g/mol. The molecule has 0 aliphatic carbocycles. The van der Waals surface area contributed by atoms with Gasteiger partial charge in [0.25, 0.3) is 11.6 Å². The van der Waals surface area contributed by atoms with Crippen LogP contribution < -0.4 is 9.64 Å². The van der Waals surface area contributed by atoms with E-state index in [9.17, 15) is 5.11 Å². The van der Waals surface area contributed by atoms with Crippen molar-refractivity contribution in [1.82, 2.24) is 0 Å². The third-order valence-electron chi connectivity index (χ3n) is 6.56. The fourth-order valence-electron chi connectivity index (χ4n) is 4.95. The van der Waals surface area contributed by atoms with E-state index in [1.165, 1.54) is 17.8 Å². The van der Waals surface area contributed by atoms with Crippen molar-refractivity contribution in [2.45, 2.75) is 31.4 Å². The zero-order valence-electron chi connectivity index (χ0n) is 18.0. The van der Waals surface area contributed by atoms with Gasteiger partial charge < -0.3 is 9.84 Å². The molecule has 0 saturated heterocycles. The molecule has 3 aromatic rings. The summed E-state index contributed by atoms with van der Waals surface area (Å²) in [7, 11) is 1.71. The van der Waals surface area contributed by atoms with Crippen molar-refractivity contribution in [2.24, 2.45) is 0 Å². The highest BCUT2D eigenvalue weighted by atomic mass is 16.5. The van der Waals surface area contributed by atoms with Crippen LogP contribution in [0.1, 0.15) is 31.2 Å². The summed E-state index contributed by atoms with van der Waals surface area (Å²) in [6, 6.07) is 26.9. The van der Waals surface area contributed by atoms with Crippen molar-refractivity contribution in [1.29, 1.82) is 0 Å². The van der Waals surface area contributed by atoms with E-state index in [2.05, 4.69) is 64.1 Å². The van der Waals surface area contributed by atoms with Gasteiger partial charge in [-0.2, -0.15) is 0 Å². The maximum absolute atomic E-state index is 12.1. The summed E-state index contributed by atoms with van der Waals surface area (Å²) in [5.41, 5.74) is 3.24. The third kappa shape index (κ3) is 3.51. The summed E-state index contributed by atoms with van der Waals surface area (Å²) in [5, 5.41) is 12.1. The van der Waals surface area contributed by atoms with Gasteiger partial charge >= 0.3 is 0 Å². The fraction of sp³-hybridized carbons (Fsp3) is 0.296. The van der Waals surface area contributed by atoms with Crippen LogP contribution in [-0.4, -0.2) is 35.7 Å². The zero-order valence-corrected chi connectivity index (χ0v) is 18.0. The molecule has 1 atom stereocenters. The monoisotopic (exact) mass is 413 g/mol. The van der Waals surface area contributed by atoms with Gasteiger partial charge in [0.15, 0.2) is 18.0 Å². The molecule has 158 valence electrons. The number of hydrogen-bond donors (Lipinski definition) is 1. The molecule has 2 aliphatic rings. The van der Waals surface area contributed by atoms with Crippen LogP contribution in [0.15, 0.2) is 78.9 Å². The van der Waals surface area contributed by atoms with E-state index < -0.39 is 5.72 Å². The van der Waals surface area contributed by atoms with Crippen molar-refractivity contribution in [3.63, 3.8) is 0 Å². The number of ether oxygens (including phenoxy) is 1. The fourth-order valence-corrected chi connectivity index (χ4v) is 4.95. The molecule has 2 aliphatic heterocycles. The number of rotatable bonds is 4. The molecule has 31 heavy (non-hydrogen) atoms. The molecule has 0 aromatic heterocycles. The number of hydrogen-bond acceptors (Lipinski definition) is 3. The van der Waals surface area contributed by atoms with Crippen LogP contribution in [0.3, 0.4) is 0 Å². The molecule has 1 N–H and O–H groups in total. The summed E-state index contributed by atoms with van der Waals surface area (Å²) in [6.45, 7) is 1.35. The van der Waals surface area contributed by atoms with Gasteiger partial charge in [-0.05, 0) is 42.5 Å². The van der Waals surface area contributed by atoms with E-state index in [4.69, 9.17) is 4.74 Å². The first kappa shape index (κ1) is 19.8. The zero-order chi connectivity index (χ0) is 21.3. The largest absolute Gasteiger partial charge is 0.492 e. The highest BCUT2D eigenvalue weighted by Gasteiger charge is 2.52. The Morgan fingerprint density at radius 3 is 2.32 bits per heavy atom. The molecule has 4 nitrogen and oxygen atoms in total. The Kier molecular flexibility index (Phi) is 5.24. The second-order valence-corrected chi connectivity index (χ2v) is 8.40. The summed E-state index contributed by atoms with van der Waals surface area (Å²) in [6.07, 6.45) is 4.37. The Balaban J connectivity index is 1.56. The predicted octanol–water partition coefficient (Wildman–Crippen LogP) is 5.01. The van der Waals surface area contributed by atoms with Gasteiger partial charge in [0.05, 0.1) is 13.7 Å². The number of anilines is 1. The van der Waals surface area contributed by atoms with Gasteiger partial charge in [-0.25, -0.2) is 9.48 Å². The molecule has 5 rings (SSSR count). The number of benzene rings is 3. The lowest BCUT2D eigenvalue weighted by Crippen LogP contribution is -2.41. The first-order valence-corrected chi connectivity index (χ1v) is 11.1. The summed E-state index contributed by atoms with van der Waals surface area (Å²) in [5.74, 6) is 2.03. The summed E-state index contributed by atoms with van der Waals surface area (Å²) >= 11 is 0. The average Bonchev–Trinajstić information content (AvgIpc) is 2.97.